The van der Waals surface area contributed by atoms with Gasteiger partial charge in [-0.1, -0.05) is 29.8 Å². The van der Waals surface area contributed by atoms with Crippen molar-refractivity contribution in [2.24, 2.45) is 17.6 Å². The van der Waals surface area contributed by atoms with E-state index in [4.69, 9.17) is 17.3 Å². The summed E-state index contributed by atoms with van der Waals surface area (Å²) in [5, 5.41) is 7.72. The fraction of sp³-hybridized carbons (Fsp3) is 0.412. The number of likely N-dealkylation sites (tertiary alicyclic amines) is 1. The molecule has 1 amide bonds. The number of carbonyl (C=O) groups excluding carboxylic acids is 1. The number of carbonyl (C=O) groups is 1. The van der Waals surface area contributed by atoms with Crippen LogP contribution in [-0.4, -0.2) is 40.1 Å². The lowest BCUT2D eigenvalue weighted by molar-refractivity contribution is 0.0773. The van der Waals surface area contributed by atoms with E-state index in [1.54, 1.807) is 6.07 Å². The minimum absolute atomic E-state index is 0. The zero-order valence-electron chi connectivity index (χ0n) is 13.1. The molecule has 2 aliphatic rings. The van der Waals surface area contributed by atoms with Crippen LogP contribution in [0, 0.1) is 11.8 Å². The summed E-state index contributed by atoms with van der Waals surface area (Å²) >= 11 is 6.19. The smallest absolute Gasteiger partial charge is 0.271 e. The third-order valence-corrected chi connectivity index (χ3v) is 5.49. The molecule has 0 spiro atoms. The molecule has 1 saturated carbocycles. The second-order valence-electron chi connectivity index (χ2n) is 6.52. The topological polar surface area (TPSA) is 75.0 Å². The van der Waals surface area contributed by atoms with E-state index < -0.39 is 0 Å². The van der Waals surface area contributed by atoms with Crippen molar-refractivity contribution in [3.63, 3.8) is 0 Å². The van der Waals surface area contributed by atoms with Gasteiger partial charge in [-0.15, -0.1) is 12.4 Å². The Labute approximate surface area is 152 Å². The Balaban J connectivity index is 0.00000169. The molecule has 1 aliphatic heterocycles. The van der Waals surface area contributed by atoms with E-state index >= 15 is 0 Å². The molecule has 2 heterocycles. The first-order valence-electron chi connectivity index (χ1n) is 7.98. The number of halogens is 2. The van der Waals surface area contributed by atoms with Crippen LogP contribution in [0.2, 0.25) is 5.02 Å². The third-order valence-electron chi connectivity index (χ3n) is 5.16. The Hall–Kier alpha value is -1.56. The van der Waals surface area contributed by atoms with Crippen LogP contribution in [0.15, 0.2) is 30.3 Å². The van der Waals surface area contributed by atoms with Gasteiger partial charge in [0.15, 0.2) is 0 Å². The number of nitrogens with one attached hydrogen (secondary N) is 1. The molecule has 3 atom stereocenters. The number of fused-ring (bicyclic) bond motifs is 1. The molecule has 2 aromatic rings. The highest BCUT2D eigenvalue weighted by Gasteiger charge is 2.42. The fourth-order valence-electron chi connectivity index (χ4n) is 3.88. The highest BCUT2D eigenvalue weighted by molar-refractivity contribution is 6.33. The maximum atomic E-state index is 12.7. The van der Waals surface area contributed by atoms with Crippen LogP contribution in [0.25, 0.3) is 11.3 Å². The summed E-state index contributed by atoms with van der Waals surface area (Å²) in [6, 6.07) is 9.50. The van der Waals surface area contributed by atoms with Gasteiger partial charge in [-0.2, -0.15) is 5.10 Å². The zero-order valence-corrected chi connectivity index (χ0v) is 14.7. The van der Waals surface area contributed by atoms with Gasteiger partial charge < -0.3 is 10.6 Å². The van der Waals surface area contributed by atoms with E-state index in [-0.39, 0.29) is 24.4 Å². The van der Waals surface area contributed by atoms with Crippen molar-refractivity contribution >= 4 is 29.9 Å². The van der Waals surface area contributed by atoms with Gasteiger partial charge >= 0.3 is 0 Å². The summed E-state index contributed by atoms with van der Waals surface area (Å²) in [7, 11) is 0. The monoisotopic (exact) mass is 366 g/mol. The van der Waals surface area contributed by atoms with Crippen LogP contribution < -0.4 is 5.73 Å². The van der Waals surface area contributed by atoms with Crippen LogP contribution in [0.4, 0.5) is 0 Å². The molecule has 0 radical (unpaired) electrons. The van der Waals surface area contributed by atoms with E-state index in [9.17, 15) is 4.79 Å². The summed E-state index contributed by atoms with van der Waals surface area (Å²) in [5.74, 6) is 1.00. The molecule has 1 saturated heterocycles. The second kappa shape index (κ2) is 6.75. The molecular formula is C17H20Cl2N4O. The number of benzene rings is 1. The molecule has 5 nitrogen and oxygen atoms in total. The fourth-order valence-corrected chi connectivity index (χ4v) is 4.11. The quantitative estimate of drug-likeness (QED) is 0.857. The molecule has 3 unspecified atom stereocenters. The first-order valence-corrected chi connectivity index (χ1v) is 8.36. The van der Waals surface area contributed by atoms with Gasteiger partial charge in [0.25, 0.3) is 5.91 Å². The molecular weight excluding hydrogens is 347 g/mol. The van der Waals surface area contributed by atoms with Gasteiger partial charge in [0.05, 0.1) is 10.7 Å². The van der Waals surface area contributed by atoms with E-state index in [1.165, 1.54) is 0 Å². The van der Waals surface area contributed by atoms with Crippen molar-refractivity contribution in [2.75, 3.05) is 13.1 Å². The molecule has 24 heavy (non-hydrogen) atoms. The molecule has 1 aromatic carbocycles. The Morgan fingerprint density at radius 3 is 2.83 bits per heavy atom. The molecule has 4 rings (SSSR count). The second-order valence-corrected chi connectivity index (χ2v) is 6.93. The van der Waals surface area contributed by atoms with Gasteiger partial charge in [0.1, 0.15) is 5.69 Å². The van der Waals surface area contributed by atoms with E-state index in [0.717, 1.165) is 31.5 Å². The first-order chi connectivity index (χ1) is 11.1. The highest BCUT2D eigenvalue weighted by atomic mass is 35.5. The Morgan fingerprint density at radius 2 is 2.08 bits per heavy atom. The Morgan fingerprint density at radius 1 is 1.29 bits per heavy atom. The maximum absolute atomic E-state index is 12.7. The lowest BCUT2D eigenvalue weighted by atomic mass is 9.98. The van der Waals surface area contributed by atoms with Gasteiger partial charge in [0.2, 0.25) is 0 Å². The van der Waals surface area contributed by atoms with Crippen LogP contribution in [-0.2, 0) is 0 Å². The maximum Gasteiger partial charge on any atom is 0.271 e. The normalized spacial score (nSPS) is 25.4. The van der Waals surface area contributed by atoms with Crippen molar-refractivity contribution < 1.29 is 4.79 Å². The molecule has 128 valence electrons. The Bertz CT molecular complexity index is 748. The highest BCUT2D eigenvalue weighted by Crippen LogP contribution is 2.37. The summed E-state index contributed by atoms with van der Waals surface area (Å²) in [5.41, 5.74) is 8.17. The number of aromatic nitrogens is 2. The number of nitrogens with two attached hydrogens (primary N) is 1. The standard InChI is InChI=1S/C17H19ClN4O.ClH/c18-13-4-2-1-3-11(13)15-7-16(21-20-15)17(23)22-8-10-5-6-14(19)12(10)9-22;/h1-4,7,10,12,14H,5-6,8-9,19H2,(H,20,21);1H. The SMILES string of the molecule is Cl.NC1CCC2CN(C(=O)c3cc(-c4ccccc4Cl)n[nH]3)CC12. The first kappa shape index (κ1) is 17.3. The summed E-state index contributed by atoms with van der Waals surface area (Å²) < 4.78 is 0. The minimum atomic E-state index is -0.00240. The Kier molecular flexibility index (Phi) is 4.85. The minimum Gasteiger partial charge on any atom is -0.337 e. The number of hydrogen-bond acceptors (Lipinski definition) is 3. The van der Waals surface area contributed by atoms with E-state index in [0.29, 0.717) is 28.2 Å². The third kappa shape index (κ3) is 2.92. The van der Waals surface area contributed by atoms with Crippen molar-refractivity contribution in [3.8, 4) is 11.3 Å². The van der Waals surface area contributed by atoms with E-state index in [1.807, 2.05) is 29.2 Å². The number of hydrogen-bond donors (Lipinski definition) is 2. The largest absolute Gasteiger partial charge is 0.337 e. The van der Waals surface area contributed by atoms with Crippen molar-refractivity contribution in [1.29, 1.82) is 0 Å². The summed E-state index contributed by atoms with van der Waals surface area (Å²) in [6.45, 7) is 1.56. The van der Waals surface area contributed by atoms with Gasteiger partial charge in [-0.25, -0.2) is 0 Å². The van der Waals surface area contributed by atoms with Crippen LogP contribution in [0.5, 0.6) is 0 Å². The van der Waals surface area contributed by atoms with Crippen molar-refractivity contribution in [1.82, 2.24) is 15.1 Å². The molecule has 7 heteroatoms. The molecule has 0 bridgehead atoms. The van der Waals surface area contributed by atoms with Crippen LogP contribution in [0.3, 0.4) is 0 Å². The van der Waals surface area contributed by atoms with Crippen molar-refractivity contribution in [2.45, 2.75) is 18.9 Å². The molecule has 1 aromatic heterocycles. The van der Waals surface area contributed by atoms with E-state index in [2.05, 4.69) is 10.2 Å². The van der Waals surface area contributed by atoms with Crippen LogP contribution in [0.1, 0.15) is 23.3 Å². The summed E-state index contributed by atoms with van der Waals surface area (Å²) in [4.78, 5) is 14.6. The zero-order chi connectivity index (χ0) is 16.0. The number of H-pyrrole nitrogens is 1. The predicted molar refractivity (Wildman–Crippen MR) is 96.4 cm³/mol. The predicted octanol–water partition coefficient (Wildman–Crippen LogP) is 2.96. The van der Waals surface area contributed by atoms with Crippen molar-refractivity contribution in [3.05, 3.63) is 41.0 Å². The van der Waals surface area contributed by atoms with Gasteiger partial charge in [0, 0.05) is 24.7 Å². The number of aromatic amines is 1. The lowest BCUT2D eigenvalue weighted by Gasteiger charge is -2.17. The lowest BCUT2D eigenvalue weighted by Crippen LogP contribution is -2.33. The van der Waals surface area contributed by atoms with Crippen LogP contribution >= 0.6 is 24.0 Å². The number of nitrogens with zero attached hydrogens (tertiary/aromatic N) is 2. The molecule has 2 fully saturated rings. The van der Waals surface area contributed by atoms with Gasteiger partial charge in [-0.3, -0.25) is 9.89 Å². The van der Waals surface area contributed by atoms with Gasteiger partial charge in [-0.05, 0) is 36.8 Å². The molecule has 3 N–H and O–H groups in total. The average Bonchev–Trinajstić information content (AvgIpc) is 3.25. The number of amides is 1. The summed E-state index contributed by atoms with van der Waals surface area (Å²) in [6.07, 6.45) is 2.21. The average molecular weight is 367 g/mol. The number of rotatable bonds is 2. The molecule has 1 aliphatic carbocycles.